The van der Waals surface area contributed by atoms with Crippen LogP contribution in [0, 0.1) is 17.7 Å². The van der Waals surface area contributed by atoms with E-state index in [9.17, 15) is 9.18 Å². The molecule has 2 atom stereocenters. The van der Waals surface area contributed by atoms with E-state index in [1.54, 1.807) is 6.07 Å². The lowest BCUT2D eigenvalue weighted by atomic mass is 9.92. The molecule has 1 aliphatic heterocycles. The average molecular weight is 376 g/mol. The molecule has 140 valence electrons. The summed E-state index contributed by atoms with van der Waals surface area (Å²) in [7, 11) is 0. The smallest absolute Gasteiger partial charge is 0.226 e. The van der Waals surface area contributed by atoms with E-state index in [0.29, 0.717) is 18.0 Å². The van der Waals surface area contributed by atoms with Crippen LogP contribution in [0.5, 0.6) is 0 Å². The summed E-state index contributed by atoms with van der Waals surface area (Å²) < 4.78 is 13.2. The van der Waals surface area contributed by atoms with Crippen LogP contribution in [-0.2, 0) is 17.8 Å². The zero-order valence-electron chi connectivity index (χ0n) is 15.4. The molecule has 1 aromatic heterocycles. The first-order valence-electron chi connectivity index (χ1n) is 9.19. The van der Waals surface area contributed by atoms with Gasteiger partial charge in [0.15, 0.2) is 5.13 Å². The highest BCUT2D eigenvalue weighted by Crippen LogP contribution is 2.24. The number of carbonyl (C=O) groups excluding carboxylic acids is 1. The van der Waals surface area contributed by atoms with Crippen molar-refractivity contribution in [2.75, 3.05) is 18.4 Å². The third-order valence-electron chi connectivity index (χ3n) is 4.66. The van der Waals surface area contributed by atoms with Gasteiger partial charge in [0.05, 0.1) is 5.69 Å². The summed E-state index contributed by atoms with van der Waals surface area (Å²) in [6.45, 7) is 7.65. The SMILES string of the molecule is CC1CC(C)CN(Cc2csc(NC(=O)CCc3cccc(F)c3)n2)C1. The van der Waals surface area contributed by atoms with E-state index < -0.39 is 0 Å². The minimum absolute atomic E-state index is 0.0876. The number of nitrogens with one attached hydrogen (secondary N) is 1. The normalized spacial score (nSPS) is 20.9. The van der Waals surface area contributed by atoms with E-state index in [1.807, 2.05) is 11.4 Å². The zero-order chi connectivity index (χ0) is 18.5. The molecule has 1 aliphatic rings. The first kappa shape index (κ1) is 19.0. The Hall–Kier alpha value is -1.79. The van der Waals surface area contributed by atoms with Gasteiger partial charge in [0, 0.05) is 31.4 Å². The lowest BCUT2D eigenvalue weighted by Gasteiger charge is -2.34. The van der Waals surface area contributed by atoms with Crippen molar-refractivity contribution in [1.29, 1.82) is 0 Å². The van der Waals surface area contributed by atoms with Crippen molar-refractivity contribution in [1.82, 2.24) is 9.88 Å². The topological polar surface area (TPSA) is 45.2 Å². The van der Waals surface area contributed by atoms with Crippen LogP contribution in [-0.4, -0.2) is 28.9 Å². The Kier molecular flexibility index (Phi) is 6.38. The molecule has 3 rings (SSSR count). The van der Waals surface area contributed by atoms with Crippen molar-refractivity contribution >= 4 is 22.4 Å². The molecule has 0 radical (unpaired) electrons. The number of anilines is 1. The summed E-state index contributed by atoms with van der Waals surface area (Å²) in [5.74, 6) is 1.09. The zero-order valence-corrected chi connectivity index (χ0v) is 16.2. The van der Waals surface area contributed by atoms with Gasteiger partial charge in [-0.2, -0.15) is 0 Å². The van der Waals surface area contributed by atoms with Gasteiger partial charge in [-0.15, -0.1) is 11.3 Å². The van der Waals surface area contributed by atoms with Gasteiger partial charge in [0.25, 0.3) is 0 Å². The third-order valence-corrected chi connectivity index (χ3v) is 5.46. The predicted molar refractivity (Wildman–Crippen MR) is 104 cm³/mol. The summed E-state index contributed by atoms with van der Waals surface area (Å²) in [6.07, 6.45) is 2.13. The third kappa shape index (κ3) is 5.61. The lowest BCUT2D eigenvalue weighted by Crippen LogP contribution is -2.38. The van der Waals surface area contributed by atoms with Gasteiger partial charge >= 0.3 is 0 Å². The first-order chi connectivity index (χ1) is 12.5. The molecule has 1 N–H and O–H groups in total. The molecular formula is C20H26FN3OS. The van der Waals surface area contributed by atoms with Gasteiger partial charge in [0.1, 0.15) is 5.82 Å². The molecule has 4 nitrogen and oxygen atoms in total. The number of nitrogens with zero attached hydrogens (tertiary/aromatic N) is 2. The fraction of sp³-hybridized carbons (Fsp3) is 0.500. The van der Waals surface area contributed by atoms with Gasteiger partial charge in [-0.1, -0.05) is 26.0 Å². The van der Waals surface area contributed by atoms with Crippen molar-refractivity contribution in [3.05, 3.63) is 46.7 Å². The van der Waals surface area contributed by atoms with Crippen molar-refractivity contribution < 1.29 is 9.18 Å². The highest BCUT2D eigenvalue weighted by atomic mass is 32.1. The number of amides is 1. The molecule has 2 heterocycles. The molecule has 26 heavy (non-hydrogen) atoms. The Labute approximate surface area is 158 Å². The number of benzene rings is 1. The molecule has 0 aliphatic carbocycles. The summed E-state index contributed by atoms with van der Waals surface area (Å²) >= 11 is 1.46. The minimum Gasteiger partial charge on any atom is -0.302 e. The van der Waals surface area contributed by atoms with Crippen LogP contribution in [0.3, 0.4) is 0 Å². The summed E-state index contributed by atoms with van der Waals surface area (Å²) in [5.41, 5.74) is 1.84. The van der Waals surface area contributed by atoms with E-state index in [-0.39, 0.29) is 11.7 Å². The Balaban J connectivity index is 1.47. The molecule has 0 saturated carbocycles. The monoisotopic (exact) mass is 375 g/mol. The maximum absolute atomic E-state index is 13.2. The van der Waals surface area contributed by atoms with E-state index in [1.165, 1.54) is 29.9 Å². The molecule has 6 heteroatoms. The number of thiazole rings is 1. The largest absolute Gasteiger partial charge is 0.302 e. The number of rotatable bonds is 6. The fourth-order valence-corrected chi connectivity index (χ4v) is 4.44. The molecule has 1 aromatic carbocycles. The van der Waals surface area contributed by atoms with E-state index in [4.69, 9.17) is 0 Å². The van der Waals surface area contributed by atoms with Crippen molar-refractivity contribution in [3.63, 3.8) is 0 Å². The number of halogens is 1. The molecule has 1 amide bonds. The second kappa shape index (κ2) is 8.73. The van der Waals surface area contributed by atoms with Gasteiger partial charge in [-0.25, -0.2) is 9.37 Å². The predicted octanol–water partition coefficient (Wildman–Crippen LogP) is 4.33. The van der Waals surface area contributed by atoms with Gasteiger partial charge < -0.3 is 5.32 Å². The van der Waals surface area contributed by atoms with Crippen LogP contribution in [0.1, 0.15) is 37.9 Å². The number of carbonyl (C=O) groups is 1. The Bertz CT molecular complexity index is 738. The maximum atomic E-state index is 13.2. The number of aryl methyl sites for hydroxylation is 1. The quantitative estimate of drug-likeness (QED) is 0.817. The summed E-state index contributed by atoms with van der Waals surface area (Å²) in [5, 5.41) is 5.52. The Morgan fingerprint density at radius 2 is 2.12 bits per heavy atom. The van der Waals surface area contributed by atoms with E-state index >= 15 is 0 Å². The highest BCUT2D eigenvalue weighted by molar-refractivity contribution is 7.13. The van der Waals surface area contributed by atoms with Crippen molar-refractivity contribution in [3.8, 4) is 0 Å². The van der Waals surface area contributed by atoms with Crippen LogP contribution < -0.4 is 5.32 Å². The average Bonchev–Trinajstić information content (AvgIpc) is 2.99. The Morgan fingerprint density at radius 3 is 2.85 bits per heavy atom. The summed E-state index contributed by atoms with van der Waals surface area (Å²) in [4.78, 5) is 19.1. The van der Waals surface area contributed by atoms with Crippen LogP contribution in [0.4, 0.5) is 9.52 Å². The molecule has 2 aromatic rings. The van der Waals surface area contributed by atoms with Gasteiger partial charge in [-0.3, -0.25) is 9.69 Å². The second-order valence-electron chi connectivity index (χ2n) is 7.46. The van der Waals surface area contributed by atoms with Crippen LogP contribution in [0.25, 0.3) is 0 Å². The highest BCUT2D eigenvalue weighted by Gasteiger charge is 2.22. The molecule has 1 fully saturated rings. The number of likely N-dealkylation sites (tertiary alicyclic amines) is 1. The van der Waals surface area contributed by atoms with Crippen LogP contribution in [0.2, 0.25) is 0 Å². The fourth-order valence-electron chi connectivity index (χ4n) is 3.72. The minimum atomic E-state index is -0.270. The van der Waals surface area contributed by atoms with Gasteiger partial charge in [-0.05, 0) is 42.4 Å². The number of hydrogen-bond donors (Lipinski definition) is 1. The van der Waals surface area contributed by atoms with E-state index in [2.05, 4.69) is 29.0 Å². The van der Waals surface area contributed by atoms with Crippen LogP contribution in [0.15, 0.2) is 29.6 Å². The number of aromatic nitrogens is 1. The van der Waals surface area contributed by atoms with Crippen molar-refractivity contribution in [2.24, 2.45) is 11.8 Å². The second-order valence-corrected chi connectivity index (χ2v) is 8.32. The number of piperidine rings is 1. The molecule has 1 saturated heterocycles. The van der Waals surface area contributed by atoms with Crippen LogP contribution >= 0.6 is 11.3 Å². The first-order valence-corrected chi connectivity index (χ1v) is 10.1. The standard InChI is InChI=1S/C20H26FN3OS/c1-14-8-15(2)11-24(10-14)12-18-13-26-20(22-18)23-19(25)7-6-16-4-3-5-17(21)9-16/h3-5,9,13-15H,6-8,10-12H2,1-2H3,(H,22,23,25). The maximum Gasteiger partial charge on any atom is 0.226 e. The van der Waals surface area contributed by atoms with E-state index in [0.717, 1.165) is 42.7 Å². The molecule has 0 spiro atoms. The van der Waals surface area contributed by atoms with Gasteiger partial charge in [0.2, 0.25) is 5.91 Å². The lowest BCUT2D eigenvalue weighted by molar-refractivity contribution is -0.116. The molecule has 2 unspecified atom stereocenters. The molecular weight excluding hydrogens is 349 g/mol. The Morgan fingerprint density at radius 1 is 1.35 bits per heavy atom. The number of hydrogen-bond acceptors (Lipinski definition) is 4. The molecule has 0 bridgehead atoms. The van der Waals surface area contributed by atoms with Crippen molar-refractivity contribution in [2.45, 2.75) is 39.7 Å². The summed E-state index contributed by atoms with van der Waals surface area (Å²) in [6, 6.07) is 6.37.